The van der Waals surface area contributed by atoms with E-state index in [-0.39, 0.29) is 5.91 Å². The van der Waals surface area contributed by atoms with Crippen molar-refractivity contribution in [2.75, 3.05) is 26.2 Å². The predicted octanol–water partition coefficient (Wildman–Crippen LogP) is 1.00. The largest absolute Gasteiger partial charge is 0.478 e. The topological polar surface area (TPSA) is 82.5 Å². The molecule has 0 bridgehead atoms. The van der Waals surface area contributed by atoms with E-state index in [1.54, 1.807) is 12.1 Å². The van der Waals surface area contributed by atoms with Gasteiger partial charge in [0.05, 0.1) is 0 Å². The Morgan fingerprint density at radius 3 is 2.71 bits per heavy atom. The highest BCUT2D eigenvalue weighted by molar-refractivity contribution is 5.92. The Kier molecular flexibility index (Phi) is 5.45. The van der Waals surface area contributed by atoms with E-state index >= 15 is 0 Å². The molecule has 0 unspecified atom stereocenters. The third-order valence-electron chi connectivity index (χ3n) is 3.35. The first kappa shape index (κ1) is 15.2. The number of nitrogens with zero attached hydrogens (tertiary/aromatic N) is 2. The Hall–Kier alpha value is -2.21. The van der Waals surface area contributed by atoms with Gasteiger partial charge in [-0.15, -0.1) is 0 Å². The van der Waals surface area contributed by atoms with E-state index < -0.39 is 5.97 Å². The summed E-state index contributed by atoms with van der Waals surface area (Å²) in [6.45, 7) is 3.70. The number of likely N-dealkylation sites (tertiary alicyclic amines) is 1. The molecule has 0 aromatic carbocycles. The van der Waals surface area contributed by atoms with Crippen LogP contribution in [-0.2, 0) is 4.79 Å². The Labute approximate surface area is 123 Å². The first-order valence-electron chi connectivity index (χ1n) is 7.03. The molecule has 1 aliphatic heterocycles. The maximum Gasteiger partial charge on any atom is 0.328 e. The van der Waals surface area contributed by atoms with Crippen molar-refractivity contribution in [2.24, 2.45) is 0 Å². The Morgan fingerprint density at radius 1 is 1.33 bits per heavy atom. The van der Waals surface area contributed by atoms with Gasteiger partial charge in [-0.2, -0.15) is 0 Å². The summed E-state index contributed by atoms with van der Waals surface area (Å²) in [6.07, 6.45) is 6.42. The quantitative estimate of drug-likeness (QED) is 0.764. The molecule has 2 heterocycles. The van der Waals surface area contributed by atoms with E-state index in [1.807, 2.05) is 0 Å². The van der Waals surface area contributed by atoms with Gasteiger partial charge in [-0.3, -0.25) is 9.78 Å². The van der Waals surface area contributed by atoms with E-state index in [0.29, 0.717) is 17.8 Å². The lowest BCUT2D eigenvalue weighted by Gasteiger charge is -2.14. The zero-order valence-electron chi connectivity index (χ0n) is 11.8. The minimum absolute atomic E-state index is 0.206. The molecule has 6 heteroatoms. The summed E-state index contributed by atoms with van der Waals surface area (Å²) in [5.41, 5.74) is 0.981. The van der Waals surface area contributed by atoms with E-state index in [1.165, 1.54) is 25.1 Å². The van der Waals surface area contributed by atoms with Crippen molar-refractivity contribution < 1.29 is 14.7 Å². The standard InChI is InChI=1S/C15H19N3O3/c19-14(20)6-4-12-3-5-13(17-11-12)15(21)16-7-10-18-8-1-2-9-18/h3-6,11H,1-2,7-10H2,(H,16,21)(H,19,20). The fourth-order valence-corrected chi connectivity index (χ4v) is 2.23. The lowest BCUT2D eigenvalue weighted by atomic mass is 10.2. The van der Waals surface area contributed by atoms with Crippen LogP contribution in [0.3, 0.4) is 0 Å². The van der Waals surface area contributed by atoms with E-state index in [0.717, 1.165) is 25.7 Å². The van der Waals surface area contributed by atoms with Crippen molar-refractivity contribution in [3.63, 3.8) is 0 Å². The van der Waals surface area contributed by atoms with Gasteiger partial charge in [0.2, 0.25) is 0 Å². The van der Waals surface area contributed by atoms with Gasteiger partial charge in [-0.1, -0.05) is 6.07 Å². The van der Waals surface area contributed by atoms with Gasteiger partial charge in [-0.05, 0) is 43.6 Å². The fraction of sp³-hybridized carbons (Fsp3) is 0.400. The summed E-state index contributed by atoms with van der Waals surface area (Å²) in [5, 5.41) is 11.4. The van der Waals surface area contributed by atoms with Crippen molar-refractivity contribution in [1.29, 1.82) is 0 Å². The SMILES string of the molecule is O=C(O)C=Cc1ccc(C(=O)NCCN2CCCC2)nc1. The van der Waals surface area contributed by atoms with Crippen molar-refractivity contribution in [2.45, 2.75) is 12.8 Å². The van der Waals surface area contributed by atoms with Crippen molar-refractivity contribution >= 4 is 18.0 Å². The molecule has 1 aromatic heterocycles. The number of carboxylic acid groups (broad SMARTS) is 1. The molecule has 1 saturated heterocycles. The summed E-state index contributed by atoms with van der Waals surface area (Å²) in [6, 6.07) is 3.26. The molecule has 21 heavy (non-hydrogen) atoms. The van der Waals surface area contributed by atoms with Crippen molar-refractivity contribution in [1.82, 2.24) is 15.2 Å². The highest BCUT2D eigenvalue weighted by Gasteiger charge is 2.12. The number of hydrogen-bond acceptors (Lipinski definition) is 4. The number of carbonyl (C=O) groups is 2. The average molecular weight is 289 g/mol. The highest BCUT2D eigenvalue weighted by Crippen LogP contribution is 2.06. The van der Waals surface area contributed by atoms with Gasteiger partial charge in [0.25, 0.3) is 5.91 Å². The number of hydrogen-bond donors (Lipinski definition) is 2. The van der Waals surface area contributed by atoms with Crippen LogP contribution < -0.4 is 5.32 Å². The van der Waals surface area contributed by atoms with Crippen LogP contribution in [-0.4, -0.2) is 53.0 Å². The summed E-state index contributed by atoms with van der Waals surface area (Å²) in [5.74, 6) is -1.22. The van der Waals surface area contributed by atoms with E-state index in [4.69, 9.17) is 5.11 Å². The number of rotatable bonds is 6. The second kappa shape index (κ2) is 7.54. The molecule has 0 aliphatic carbocycles. The third-order valence-corrected chi connectivity index (χ3v) is 3.35. The third kappa shape index (κ3) is 5.00. The zero-order valence-corrected chi connectivity index (χ0v) is 11.8. The Bertz CT molecular complexity index is 519. The van der Waals surface area contributed by atoms with Crippen LogP contribution in [0.25, 0.3) is 6.08 Å². The number of carbonyl (C=O) groups excluding carboxylic acids is 1. The molecule has 1 fully saturated rings. The normalized spacial score (nSPS) is 15.4. The van der Waals surface area contributed by atoms with Gasteiger partial charge in [0.1, 0.15) is 5.69 Å². The fourth-order valence-electron chi connectivity index (χ4n) is 2.23. The van der Waals surface area contributed by atoms with Crippen LogP contribution in [0.15, 0.2) is 24.4 Å². The van der Waals surface area contributed by atoms with Gasteiger partial charge in [-0.25, -0.2) is 4.79 Å². The predicted molar refractivity (Wildman–Crippen MR) is 78.9 cm³/mol. The molecular formula is C15H19N3O3. The lowest BCUT2D eigenvalue weighted by Crippen LogP contribution is -2.33. The molecule has 0 atom stereocenters. The number of amides is 1. The summed E-state index contributed by atoms with van der Waals surface area (Å²) >= 11 is 0. The maximum absolute atomic E-state index is 11.9. The van der Waals surface area contributed by atoms with Crippen molar-refractivity contribution in [3.05, 3.63) is 35.7 Å². The van der Waals surface area contributed by atoms with Crippen LogP contribution >= 0.6 is 0 Å². The average Bonchev–Trinajstić information content (AvgIpc) is 2.99. The highest BCUT2D eigenvalue weighted by atomic mass is 16.4. The van der Waals surface area contributed by atoms with Gasteiger partial charge < -0.3 is 15.3 Å². The molecule has 1 aliphatic rings. The van der Waals surface area contributed by atoms with Crippen LogP contribution in [0.5, 0.6) is 0 Å². The van der Waals surface area contributed by atoms with Gasteiger partial charge >= 0.3 is 5.97 Å². The summed E-state index contributed by atoms with van der Waals surface area (Å²) in [4.78, 5) is 28.7. The second-order valence-corrected chi connectivity index (χ2v) is 4.95. The van der Waals surface area contributed by atoms with Crippen LogP contribution in [0.2, 0.25) is 0 Å². The molecule has 2 N–H and O–H groups in total. The van der Waals surface area contributed by atoms with E-state index in [2.05, 4.69) is 15.2 Å². The van der Waals surface area contributed by atoms with Crippen LogP contribution in [0.4, 0.5) is 0 Å². The summed E-state index contributed by atoms with van der Waals surface area (Å²) in [7, 11) is 0. The number of nitrogens with one attached hydrogen (secondary N) is 1. The van der Waals surface area contributed by atoms with E-state index in [9.17, 15) is 9.59 Å². The Morgan fingerprint density at radius 2 is 2.10 bits per heavy atom. The molecule has 0 spiro atoms. The Balaban J connectivity index is 1.80. The number of pyridine rings is 1. The minimum Gasteiger partial charge on any atom is -0.478 e. The van der Waals surface area contributed by atoms with Crippen molar-refractivity contribution in [3.8, 4) is 0 Å². The molecular weight excluding hydrogens is 270 g/mol. The molecule has 6 nitrogen and oxygen atoms in total. The van der Waals surface area contributed by atoms with Gasteiger partial charge in [0, 0.05) is 25.4 Å². The lowest BCUT2D eigenvalue weighted by molar-refractivity contribution is -0.131. The summed E-state index contributed by atoms with van der Waals surface area (Å²) < 4.78 is 0. The number of aliphatic carboxylic acids is 1. The first-order valence-corrected chi connectivity index (χ1v) is 7.03. The maximum atomic E-state index is 11.9. The molecule has 0 radical (unpaired) electrons. The van der Waals surface area contributed by atoms with Crippen LogP contribution in [0.1, 0.15) is 28.9 Å². The first-order chi connectivity index (χ1) is 10.1. The van der Waals surface area contributed by atoms with Gasteiger partial charge in [0.15, 0.2) is 0 Å². The molecule has 1 aromatic rings. The molecule has 1 amide bonds. The molecule has 112 valence electrons. The molecule has 2 rings (SSSR count). The number of aromatic nitrogens is 1. The smallest absolute Gasteiger partial charge is 0.328 e. The van der Waals surface area contributed by atoms with Crippen LogP contribution in [0, 0.1) is 0 Å². The minimum atomic E-state index is -1.02. The molecule has 0 saturated carbocycles. The second-order valence-electron chi connectivity index (χ2n) is 4.95. The zero-order chi connectivity index (χ0) is 15.1. The monoisotopic (exact) mass is 289 g/mol. The number of carboxylic acids is 1.